The zero-order valence-corrected chi connectivity index (χ0v) is 21.6. The van der Waals surface area contributed by atoms with Gasteiger partial charge in [-0.1, -0.05) is 58.6 Å². The highest BCUT2D eigenvalue weighted by Crippen LogP contribution is 2.59. The zero-order valence-electron chi connectivity index (χ0n) is 21.6. The predicted molar refractivity (Wildman–Crippen MR) is 136 cm³/mol. The molecule has 2 N–H and O–H groups in total. The number of hydrogen-bond donors (Lipinski definition) is 2. The lowest BCUT2D eigenvalue weighted by Gasteiger charge is -2.43. The molecule has 0 amide bonds. The minimum Gasteiger partial charge on any atom is -0.458 e. The molecule has 3 saturated carbocycles. The van der Waals surface area contributed by atoms with Gasteiger partial charge >= 0.3 is 5.97 Å². The smallest absolute Gasteiger partial charge is 0.334 e. The van der Waals surface area contributed by atoms with Gasteiger partial charge in [-0.3, -0.25) is 0 Å². The van der Waals surface area contributed by atoms with Gasteiger partial charge in [0, 0.05) is 17.4 Å². The van der Waals surface area contributed by atoms with Crippen molar-refractivity contribution >= 4 is 5.97 Å². The largest absolute Gasteiger partial charge is 0.458 e. The lowest BCUT2D eigenvalue weighted by atomic mass is 9.62. The molecular formula is C30H44O4. The molecule has 0 aromatic rings. The van der Waals surface area contributed by atoms with Crippen LogP contribution in [0, 0.1) is 35.0 Å². The van der Waals surface area contributed by atoms with Crippen LogP contribution in [0.4, 0.5) is 0 Å². The van der Waals surface area contributed by atoms with Crippen LogP contribution in [0.25, 0.3) is 0 Å². The Balaban J connectivity index is 1.50. The summed E-state index contributed by atoms with van der Waals surface area (Å²) >= 11 is 0. The van der Waals surface area contributed by atoms with Crippen LogP contribution in [0.3, 0.4) is 0 Å². The van der Waals surface area contributed by atoms with E-state index < -0.39 is 12.2 Å². The second-order valence-electron chi connectivity index (χ2n) is 12.2. The number of allylic oxidation sites excluding steroid dienone is 3. The monoisotopic (exact) mass is 468 g/mol. The molecule has 188 valence electrons. The summed E-state index contributed by atoms with van der Waals surface area (Å²) in [5.74, 6) is 1.37. The Morgan fingerprint density at radius 1 is 1.18 bits per heavy atom. The minimum absolute atomic E-state index is 0.0324. The van der Waals surface area contributed by atoms with Crippen LogP contribution in [-0.2, 0) is 9.53 Å². The minimum atomic E-state index is -0.677. The van der Waals surface area contributed by atoms with E-state index in [4.69, 9.17) is 4.74 Å². The van der Waals surface area contributed by atoms with Gasteiger partial charge in [0.25, 0.3) is 0 Å². The van der Waals surface area contributed by atoms with Gasteiger partial charge in [0.1, 0.15) is 6.10 Å². The second-order valence-corrected chi connectivity index (χ2v) is 12.2. The maximum Gasteiger partial charge on any atom is 0.334 e. The van der Waals surface area contributed by atoms with Crippen molar-refractivity contribution in [2.75, 3.05) is 0 Å². The molecule has 8 atom stereocenters. The topological polar surface area (TPSA) is 66.8 Å². The highest BCUT2D eigenvalue weighted by Gasteiger charge is 2.51. The molecule has 0 aromatic heterocycles. The Hall–Kier alpha value is -1.65. The first-order valence-electron chi connectivity index (χ1n) is 13.4. The molecule has 0 spiro atoms. The Morgan fingerprint density at radius 2 is 1.91 bits per heavy atom. The van der Waals surface area contributed by atoms with E-state index in [1.54, 1.807) is 0 Å². The number of cyclic esters (lactones) is 1. The van der Waals surface area contributed by atoms with Gasteiger partial charge in [0.15, 0.2) is 0 Å². The molecule has 4 heteroatoms. The average molecular weight is 469 g/mol. The number of aliphatic hydroxyl groups excluding tert-OH is 2. The quantitative estimate of drug-likeness (QED) is 0.389. The first kappa shape index (κ1) is 25.4. The molecule has 34 heavy (non-hydrogen) atoms. The molecule has 4 fully saturated rings. The van der Waals surface area contributed by atoms with Crippen molar-refractivity contribution in [2.45, 2.75) is 97.4 Å². The van der Waals surface area contributed by atoms with Crippen molar-refractivity contribution in [3.05, 3.63) is 47.6 Å². The van der Waals surface area contributed by atoms with Gasteiger partial charge < -0.3 is 14.9 Å². The lowest BCUT2D eigenvalue weighted by Crippen LogP contribution is -2.36. The van der Waals surface area contributed by atoms with Crippen LogP contribution in [0.5, 0.6) is 0 Å². The van der Waals surface area contributed by atoms with Crippen molar-refractivity contribution in [2.24, 2.45) is 35.0 Å². The van der Waals surface area contributed by atoms with Gasteiger partial charge in [-0.2, -0.15) is 0 Å². The molecular weight excluding hydrogens is 424 g/mol. The normalized spacial score (nSPS) is 43.1. The molecule has 3 aliphatic carbocycles. The van der Waals surface area contributed by atoms with Crippen LogP contribution in [0.1, 0.15) is 79.1 Å². The van der Waals surface area contributed by atoms with Crippen molar-refractivity contribution in [1.29, 1.82) is 0 Å². The van der Waals surface area contributed by atoms with E-state index >= 15 is 0 Å². The van der Waals surface area contributed by atoms with Gasteiger partial charge in [0.05, 0.1) is 12.2 Å². The van der Waals surface area contributed by atoms with E-state index in [0.717, 1.165) is 30.4 Å². The van der Waals surface area contributed by atoms with Crippen LogP contribution < -0.4 is 0 Å². The average Bonchev–Trinajstić information content (AvgIpc) is 3.25. The highest BCUT2D eigenvalue weighted by molar-refractivity contribution is 5.90. The number of rotatable bonds is 5. The number of carbonyl (C=O) groups excluding carboxylic acids is 1. The van der Waals surface area contributed by atoms with Crippen LogP contribution in [0.15, 0.2) is 47.6 Å². The maximum atomic E-state index is 12.3. The summed E-state index contributed by atoms with van der Waals surface area (Å²) < 4.78 is 5.85. The van der Waals surface area contributed by atoms with E-state index in [0.29, 0.717) is 29.7 Å². The number of ether oxygens (including phenoxy) is 1. The van der Waals surface area contributed by atoms with Gasteiger partial charge in [-0.25, -0.2) is 4.79 Å². The summed E-state index contributed by atoms with van der Waals surface area (Å²) in [5, 5.41) is 20.8. The predicted octanol–water partition coefficient (Wildman–Crippen LogP) is 5.91. The fourth-order valence-electron chi connectivity index (χ4n) is 7.34. The molecule has 4 rings (SSSR count). The van der Waals surface area contributed by atoms with E-state index in [2.05, 4.69) is 46.1 Å². The van der Waals surface area contributed by atoms with E-state index in [1.807, 2.05) is 6.92 Å². The summed E-state index contributed by atoms with van der Waals surface area (Å²) in [6.45, 7) is 16.9. The van der Waals surface area contributed by atoms with Crippen molar-refractivity contribution in [3.8, 4) is 0 Å². The summed E-state index contributed by atoms with van der Waals surface area (Å²) in [6, 6.07) is 0. The molecule has 1 saturated heterocycles. The van der Waals surface area contributed by atoms with E-state index in [9.17, 15) is 15.0 Å². The van der Waals surface area contributed by atoms with Crippen molar-refractivity contribution < 1.29 is 19.7 Å². The fourth-order valence-corrected chi connectivity index (χ4v) is 7.34. The number of carbonyl (C=O) groups is 1. The summed E-state index contributed by atoms with van der Waals surface area (Å²) in [7, 11) is 0. The number of esters is 1. The molecule has 4 nitrogen and oxygen atoms in total. The Morgan fingerprint density at radius 3 is 2.62 bits per heavy atom. The molecule has 0 aromatic carbocycles. The molecule has 4 aliphatic rings. The number of fused-ring (bicyclic) bond motifs is 1. The number of hydrogen-bond acceptors (Lipinski definition) is 4. The van der Waals surface area contributed by atoms with E-state index in [-0.39, 0.29) is 29.3 Å². The molecule has 1 aliphatic heterocycles. The first-order valence-corrected chi connectivity index (χ1v) is 13.4. The second kappa shape index (κ2) is 9.78. The Labute approximate surface area is 205 Å². The third-order valence-electron chi connectivity index (χ3n) is 9.62. The molecule has 1 heterocycles. The SMILES string of the molecule is C=C1/C(=C\C=C2/CCC[C@]3(C)C(C[C@@H]4OC(=O)C(=C)[C@@H]4CC(C)C)CC[C@@H]23)C[C@@H](O)[C@H](C)[C@@H]1O. The van der Waals surface area contributed by atoms with Crippen LogP contribution in [-0.4, -0.2) is 34.5 Å². The van der Waals surface area contributed by atoms with Gasteiger partial charge in [-0.15, -0.1) is 0 Å². The maximum absolute atomic E-state index is 12.3. The standard InChI is InChI=1S/C30H44O4/c1-17(2)14-24-19(4)29(33)34-27(24)16-23-11-12-25-21(8-7-13-30(23,25)6)9-10-22-15-26(31)20(5)28(32)18(22)3/h9-10,17,20,23-28,31-32H,3-4,7-8,11-16H2,1-2,5-6H3/b21-9+,22-10-/t20-,23?,24-,25-,26+,27-,28+,30+/m0/s1. The summed E-state index contributed by atoms with van der Waals surface area (Å²) in [6.07, 6.45) is 11.4. The van der Waals surface area contributed by atoms with E-state index in [1.165, 1.54) is 31.3 Å². The molecule has 1 unspecified atom stereocenters. The highest BCUT2D eigenvalue weighted by atomic mass is 16.6. The number of aliphatic hydroxyl groups is 2. The third kappa shape index (κ3) is 4.60. The third-order valence-corrected chi connectivity index (χ3v) is 9.62. The van der Waals surface area contributed by atoms with Crippen molar-refractivity contribution in [1.82, 2.24) is 0 Å². The summed E-state index contributed by atoms with van der Waals surface area (Å²) in [5.41, 5.74) is 4.10. The Bertz CT molecular complexity index is 895. The molecule has 0 bridgehead atoms. The van der Waals surface area contributed by atoms with Crippen molar-refractivity contribution in [3.63, 3.8) is 0 Å². The lowest BCUT2D eigenvalue weighted by molar-refractivity contribution is -0.140. The van der Waals surface area contributed by atoms with Crippen LogP contribution >= 0.6 is 0 Å². The fraction of sp³-hybridized carbons (Fsp3) is 0.700. The first-order chi connectivity index (χ1) is 16.0. The van der Waals surface area contributed by atoms with Gasteiger partial charge in [-0.05, 0) is 85.7 Å². The van der Waals surface area contributed by atoms with Gasteiger partial charge in [0.2, 0.25) is 0 Å². The molecule has 0 radical (unpaired) electrons. The summed E-state index contributed by atoms with van der Waals surface area (Å²) in [4.78, 5) is 12.3. The Kier molecular flexibility index (Phi) is 7.32. The zero-order chi connectivity index (χ0) is 24.8. The van der Waals surface area contributed by atoms with Crippen LogP contribution in [0.2, 0.25) is 0 Å².